The fourth-order valence-electron chi connectivity index (χ4n) is 1.55. The van der Waals surface area contributed by atoms with Gasteiger partial charge in [-0.15, -0.1) is 0 Å². The second kappa shape index (κ2) is 6.65. The predicted molar refractivity (Wildman–Crippen MR) is 74.5 cm³/mol. The van der Waals surface area contributed by atoms with Gasteiger partial charge in [-0.2, -0.15) is 0 Å². The molecule has 0 aliphatic carbocycles. The molecule has 7 heteroatoms. The maximum atomic E-state index is 13.1. The topological polar surface area (TPSA) is 63.2 Å². The van der Waals surface area contributed by atoms with Gasteiger partial charge in [0.25, 0.3) is 0 Å². The van der Waals surface area contributed by atoms with E-state index in [1.807, 2.05) is 0 Å². The van der Waals surface area contributed by atoms with Gasteiger partial charge in [0.15, 0.2) is 11.6 Å². The van der Waals surface area contributed by atoms with Crippen molar-refractivity contribution < 1.29 is 18.3 Å². The Balaban J connectivity index is 2.01. The number of rotatable bonds is 4. The lowest BCUT2D eigenvalue weighted by Crippen LogP contribution is -2.13. The summed E-state index contributed by atoms with van der Waals surface area (Å²) in [5, 5.41) is 5.31. The summed E-state index contributed by atoms with van der Waals surface area (Å²) in [4.78, 5) is 15.2. The maximum absolute atomic E-state index is 13.1. The van der Waals surface area contributed by atoms with Gasteiger partial charge in [-0.25, -0.2) is 18.6 Å². The zero-order valence-corrected chi connectivity index (χ0v) is 11.2. The molecule has 2 rings (SSSR count). The number of nitrogens with zero attached hydrogens (tertiary/aromatic N) is 1. The van der Waals surface area contributed by atoms with Crippen LogP contribution in [0.15, 0.2) is 36.5 Å². The van der Waals surface area contributed by atoms with E-state index >= 15 is 0 Å². The molecule has 0 unspecified atom stereocenters. The summed E-state index contributed by atoms with van der Waals surface area (Å²) >= 11 is 0. The van der Waals surface area contributed by atoms with E-state index in [2.05, 4.69) is 15.6 Å². The average molecular weight is 293 g/mol. The second-order valence-corrected chi connectivity index (χ2v) is 4.03. The summed E-state index contributed by atoms with van der Waals surface area (Å²) in [7, 11) is 0. The van der Waals surface area contributed by atoms with Crippen LogP contribution in [0.3, 0.4) is 0 Å². The van der Waals surface area contributed by atoms with E-state index in [1.165, 1.54) is 12.3 Å². The number of anilines is 3. The molecule has 0 saturated heterocycles. The summed E-state index contributed by atoms with van der Waals surface area (Å²) in [6.07, 6.45) is 0.847. The number of benzene rings is 1. The molecule has 1 heterocycles. The third-order valence-electron chi connectivity index (χ3n) is 2.48. The quantitative estimate of drug-likeness (QED) is 0.902. The fraction of sp³-hybridized carbons (Fsp3) is 0.143. The van der Waals surface area contributed by atoms with Crippen LogP contribution in [0, 0.1) is 11.6 Å². The minimum absolute atomic E-state index is 0.273. The third-order valence-corrected chi connectivity index (χ3v) is 2.48. The molecule has 0 aliphatic heterocycles. The highest BCUT2D eigenvalue weighted by Crippen LogP contribution is 2.18. The molecule has 21 heavy (non-hydrogen) atoms. The normalized spacial score (nSPS) is 10.0. The number of amides is 1. The van der Waals surface area contributed by atoms with Crippen molar-refractivity contribution >= 4 is 23.3 Å². The van der Waals surface area contributed by atoms with Crippen LogP contribution in [0.1, 0.15) is 6.92 Å². The van der Waals surface area contributed by atoms with Crippen LogP contribution < -0.4 is 10.6 Å². The summed E-state index contributed by atoms with van der Waals surface area (Å²) in [6, 6.07) is 6.63. The number of carbonyl (C=O) groups is 1. The number of ether oxygens (including phenoxy) is 1. The van der Waals surface area contributed by atoms with Crippen LogP contribution in [-0.4, -0.2) is 17.7 Å². The van der Waals surface area contributed by atoms with Crippen LogP contribution in [0.2, 0.25) is 0 Å². The predicted octanol–water partition coefficient (Wildman–Crippen LogP) is 3.67. The molecule has 110 valence electrons. The van der Waals surface area contributed by atoms with Crippen LogP contribution in [0.4, 0.5) is 30.8 Å². The van der Waals surface area contributed by atoms with Crippen molar-refractivity contribution in [2.24, 2.45) is 0 Å². The highest BCUT2D eigenvalue weighted by atomic mass is 19.2. The van der Waals surface area contributed by atoms with E-state index in [9.17, 15) is 13.6 Å². The lowest BCUT2D eigenvalue weighted by molar-refractivity contribution is 0.168. The molecule has 0 atom stereocenters. The molecule has 0 radical (unpaired) electrons. The highest BCUT2D eigenvalue weighted by molar-refractivity contribution is 5.84. The molecular formula is C14H13F2N3O2. The Labute approximate surface area is 120 Å². The minimum Gasteiger partial charge on any atom is -0.450 e. The summed E-state index contributed by atoms with van der Waals surface area (Å²) in [6.45, 7) is 1.97. The van der Waals surface area contributed by atoms with Gasteiger partial charge in [-0.3, -0.25) is 5.32 Å². The van der Waals surface area contributed by atoms with E-state index in [-0.39, 0.29) is 6.61 Å². The lowest BCUT2D eigenvalue weighted by atomic mass is 10.3. The monoisotopic (exact) mass is 293 g/mol. The lowest BCUT2D eigenvalue weighted by Gasteiger charge is -2.08. The first-order valence-corrected chi connectivity index (χ1v) is 6.20. The standard InChI is InChI=1S/C14H13F2N3O2/c1-2-21-14(20)19-10-4-6-13(17-8-10)18-9-3-5-11(15)12(16)7-9/h3-8H,2H2,1H3,(H,17,18)(H,19,20). The third kappa shape index (κ3) is 4.13. The number of hydrogen-bond donors (Lipinski definition) is 2. The summed E-state index contributed by atoms with van der Waals surface area (Å²) in [5.41, 5.74) is 0.830. The van der Waals surface area contributed by atoms with Gasteiger partial charge in [-0.05, 0) is 31.2 Å². The van der Waals surface area contributed by atoms with Gasteiger partial charge in [0.05, 0.1) is 18.5 Å². The van der Waals surface area contributed by atoms with Gasteiger partial charge in [0.1, 0.15) is 5.82 Å². The minimum atomic E-state index is -0.944. The van der Waals surface area contributed by atoms with Gasteiger partial charge >= 0.3 is 6.09 Å². The van der Waals surface area contributed by atoms with Gasteiger partial charge in [0, 0.05) is 11.8 Å². The van der Waals surface area contributed by atoms with E-state index in [0.717, 1.165) is 12.1 Å². The number of hydrogen-bond acceptors (Lipinski definition) is 4. The van der Waals surface area contributed by atoms with Gasteiger partial charge < -0.3 is 10.1 Å². The van der Waals surface area contributed by atoms with Crippen molar-refractivity contribution in [2.45, 2.75) is 6.92 Å². The number of carbonyl (C=O) groups excluding carboxylic acids is 1. The van der Waals surface area contributed by atoms with Crippen molar-refractivity contribution in [3.05, 3.63) is 48.2 Å². The zero-order valence-electron chi connectivity index (χ0n) is 11.2. The zero-order chi connectivity index (χ0) is 15.2. The number of halogens is 2. The Morgan fingerprint density at radius 3 is 2.57 bits per heavy atom. The second-order valence-electron chi connectivity index (χ2n) is 4.03. The fourth-order valence-corrected chi connectivity index (χ4v) is 1.55. The van der Waals surface area contributed by atoms with E-state index < -0.39 is 17.7 Å². The summed E-state index contributed by atoms with van der Waals surface area (Å²) < 4.78 is 30.6. The molecule has 0 aliphatic rings. The first-order chi connectivity index (χ1) is 10.1. The first-order valence-electron chi connectivity index (χ1n) is 6.20. The summed E-state index contributed by atoms with van der Waals surface area (Å²) in [5.74, 6) is -1.43. The van der Waals surface area contributed by atoms with Crippen LogP contribution in [-0.2, 0) is 4.74 Å². The molecule has 0 bridgehead atoms. The smallest absolute Gasteiger partial charge is 0.411 e. The number of nitrogens with one attached hydrogen (secondary N) is 2. The van der Waals surface area contributed by atoms with Crippen LogP contribution >= 0.6 is 0 Å². The largest absolute Gasteiger partial charge is 0.450 e. The SMILES string of the molecule is CCOC(=O)Nc1ccc(Nc2ccc(F)c(F)c2)nc1. The molecule has 0 spiro atoms. The Morgan fingerprint density at radius 1 is 1.19 bits per heavy atom. The molecule has 5 nitrogen and oxygen atoms in total. The Bertz CT molecular complexity index is 633. The van der Waals surface area contributed by atoms with Crippen molar-refractivity contribution in [1.82, 2.24) is 4.98 Å². The number of aromatic nitrogens is 1. The molecule has 1 aromatic carbocycles. The molecule has 1 amide bonds. The molecular weight excluding hydrogens is 280 g/mol. The first kappa shape index (κ1) is 14.7. The van der Waals surface area contributed by atoms with Crippen LogP contribution in [0.25, 0.3) is 0 Å². The molecule has 0 fully saturated rings. The average Bonchev–Trinajstić information content (AvgIpc) is 2.45. The van der Waals surface area contributed by atoms with E-state index in [4.69, 9.17) is 4.74 Å². The van der Waals surface area contributed by atoms with Crippen molar-refractivity contribution in [2.75, 3.05) is 17.2 Å². The number of pyridine rings is 1. The van der Waals surface area contributed by atoms with Crippen molar-refractivity contribution in [3.63, 3.8) is 0 Å². The highest BCUT2D eigenvalue weighted by Gasteiger charge is 2.05. The van der Waals surface area contributed by atoms with Gasteiger partial charge in [0.2, 0.25) is 0 Å². The van der Waals surface area contributed by atoms with Crippen LogP contribution in [0.5, 0.6) is 0 Å². The Hall–Kier alpha value is -2.70. The molecule has 2 N–H and O–H groups in total. The van der Waals surface area contributed by atoms with Gasteiger partial charge in [-0.1, -0.05) is 0 Å². The molecule has 1 aromatic heterocycles. The van der Waals surface area contributed by atoms with Crippen molar-refractivity contribution in [1.29, 1.82) is 0 Å². The molecule has 2 aromatic rings. The van der Waals surface area contributed by atoms with E-state index in [0.29, 0.717) is 17.2 Å². The van der Waals surface area contributed by atoms with E-state index in [1.54, 1.807) is 19.1 Å². The van der Waals surface area contributed by atoms with Crippen molar-refractivity contribution in [3.8, 4) is 0 Å². The maximum Gasteiger partial charge on any atom is 0.411 e. The Morgan fingerprint density at radius 2 is 1.95 bits per heavy atom. The Kier molecular flexibility index (Phi) is 4.65. The molecule has 0 saturated carbocycles.